The van der Waals surface area contributed by atoms with Crippen LogP contribution >= 0.6 is 0 Å². The van der Waals surface area contributed by atoms with Crippen LogP contribution in [-0.4, -0.2) is 62.9 Å². The normalized spacial score (nSPS) is 20.8. The average Bonchev–Trinajstić information content (AvgIpc) is 3.48. The summed E-state index contributed by atoms with van der Waals surface area (Å²) in [6, 6.07) is 13.1. The molecule has 1 amide bonds. The first-order valence-electron chi connectivity index (χ1n) is 12.8. The number of nitrogens with two attached hydrogens (primary N) is 1. The number of piperazine rings is 1. The van der Waals surface area contributed by atoms with E-state index in [-0.39, 0.29) is 11.9 Å². The number of aliphatic imine (C=N–C) groups is 1. The minimum Gasteiger partial charge on any atom is -0.497 e. The zero-order valence-corrected chi connectivity index (χ0v) is 22.1. The first kappa shape index (κ1) is 25.8. The van der Waals surface area contributed by atoms with E-state index in [0.717, 1.165) is 46.6 Å². The summed E-state index contributed by atoms with van der Waals surface area (Å²) in [6.45, 7) is 9.55. The van der Waals surface area contributed by atoms with Crippen molar-refractivity contribution in [3.05, 3.63) is 64.9 Å². The Morgan fingerprint density at radius 2 is 2.06 bits per heavy atom. The molecule has 0 saturated carbocycles. The minimum absolute atomic E-state index is 0.0760. The summed E-state index contributed by atoms with van der Waals surface area (Å²) in [7, 11) is 3.34. The Morgan fingerprint density at radius 1 is 1.25 bits per heavy atom. The quantitative estimate of drug-likeness (QED) is 0.517. The van der Waals surface area contributed by atoms with Crippen LogP contribution in [0.4, 0.5) is 5.69 Å². The second-order valence-electron chi connectivity index (χ2n) is 9.89. The lowest BCUT2D eigenvalue weighted by Gasteiger charge is -2.35. The van der Waals surface area contributed by atoms with Gasteiger partial charge in [0.1, 0.15) is 5.75 Å². The van der Waals surface area contributed by atoms with Crippen molar-refractivity contribution >= 4 is 23.4 Å². The SMILES string of the molecule is CCCN1CC2CC1CN2c1ccc(C)c(C(=O)N[C@H](C)c2cc(OC)cc(/C(C=NC)=C/N)c2)c1. The van der Waals surface area contributed by atoms with Crippen LogP contribution in [0.25, 0.3) is 5.57 Å². The van der Waals surface area contributed by atoms with Crippen molar-refractivity contribution in [2.24, 2.45) is 10.7 Å². The van der Waals surface area contributed by atoms with Crippen LogP contribution in [0.2, 0.25) is 0 Å². The van der Waals surface area contributed by atoms with Crippen molar-refractivity contribution in [3.63, 3.8) is 0 Å². The second-order valence-corrected chi connectivity index (χ2v) is 9.89. The molecule has 7 heteroatoms. The molecule has 2 bridgehead atoms. The fraction of sp³-hybridized carbons (Fsp3) is 0.448. The summed E-state index contributed by atoms with van der Waals surface area (Å²) in [5, 5.41) is 3.19. The molecule has 0 aliphatic carbocycles. The molecule has 0 radical (unpaired) electrons. The molecule has 4 rings (SSSR count). The number of allylic oxidation sites excluding steroid dienone is 1. The Morgan fingerprint density at radius 3 is 2.69 bits per heavy atom. The topological polar surface area (TPSA) is 83.2 Å². The van der Waals surface area contributed by atoms with Crippen LogP contribution in [0.15, 0.2) is 47.6 Å². The molecule has 0 spiro atoms. The number of carbonyl (C=O) groups excluding carboxylic acids is 1. The summed E-state index contributed by atoms with van der Waals surface area (Å²) in [4.78, 5) is 22.6. The summed E-state index contributed by atoms with van der Waals surface area (Å²) in [5.41, 5.74) is 11.3. The third-order valence-corrected chi connectivity index (χ3v) is 7.46. The van der Waals surface area contributed by atoms with E-state index in [1.165, 1.54) is 25.6 Å². The lowest BCUT2D eigenvalue weighted by molar-refractivity contribution is 0.0939. The van der Waals surface area contributed by atoms with E-state index in [4.69, 9.17) is 10.5 Å². The van der Waals surface area contributed by atoms with Gasteiger partial charge in [-0.2, -0.15) is 0 Å². The van der Waals surface area contributed by atoms with Crippen molar-refractivity contribution in [1.29, 1.82) is 0 Å². The van der Waals surface area contributed by atoms with E-state index in [1.807, 2.05) is 32.0 Å². The van der Waals surface area contributed by atoms with Crippen molar-refractivity contribution in [3.8, 4) is 5.75 Å². The Kier molecular flexibility index (Phi) is 7.99. The van der Waals surface area contributed by atoms with E-state index < -0.39 is 0 Å². The molecule has 2 heterocycles. The van der Waals surface area contributed by atoms with Crippen molar-refractivity contribution < 1.29 is 9.53 Å². The van der Waals surface area contributed by atoms with Gasteiger partial charge in [0, 0.05) is 61.5 Å². The van der Waals surface area contributed by atoms with Crippen molar-refractivity contribution in [2.45, 2.75) is 51.7 Å². The Bertz CT molecular complexity index is 1160. The molecule has 36 heavy (non-hydrogen) atoms. The minimum atomic E-state index is -0.225. The maximum Gasteiger partial charge on any atom is 0.252 e. The number of hydrogen-bond donors (Lipinski definition) is 2. The highest BCUT2D eigenvalue weighted by atomic mass is 16.5. The molecule has 2 aromatic carbocycles. The van der Waals surface area contributed by atoms with Gasteiger partial charge in [0.25, 0.3) is 5.91 Å². The molecule has 7 nitrogen and oxygen atoms in total. The lowest BCUT2D eigenvalue weighted by atomic mass is 9.99. The maximum absolute atomic E-state index is 13.4. The first-order valence-corrected chi connectivity index (χ1v) is 12.8. The number of aryl methyl sites for hydroxylation is 1. The van der Waals surface area contributed by atoms with E-state index in [1.54, 1.807) is 20.4 Å². The van der Waals surface area contributed by atoms with Gasteiger partial charge in [0.15, 0.2) is 0 Å². The molecule has 2 aliphatic rings. The van der Waals surface area contributed by atoms with Gasteiger partial charge >= 0.3 is 0 Å². The van der Waals surface area contributed by atoms with Gasteiger partial charge in [-0.25, -0.2) is 0 Å². The number of benzene rings is 2. The highest BCUT2D eigenvalue weighted by Gasteiger charge is 2.42. The van der Waals surface area contributed by atoms with Crippen LogP contribution in [-0.2, 0) is 0 Å². The number of amides is 1. The highest BCUT2D eigenvalue weighted by molar-refractivity contribution is 6.09. The number of carbonyl (C=O) groups is 1. The average molecular weight is 490 g/mol. The molecule has 3 atom stereocenters. The molecular weight excluding hydrogens is 450 g/mol. The molecule has 192 valence electrons. The zero-order valence-electron chi connectivity index (χ0n) is 22.1. The number of likely N-dealkylation sites (tertiary alicyclic amines) is 1. The van der Waals surface area contributed by atoms with Crippen LogP contribution in [0.1, 0.15) is 59.8 Å². The molecule has 2 aromatic rings. The van der Waals surface area contributed by atoms with Crippen LogP contribution in [0, 0.1) is 6.92 Å². The van der Waals surface area contributed by atoms with Crippen molar-refractivity contribution in [2.75, 3.05) is 38.7 Å². The lowest BCUT2D eigenvalue weighted by Crippen LogP contribution is -2.46. The van der Waals surface area contributed by atoms with Gasteiger partial charge < -0.3 is 20.7 Å². The zero-order chi connectivity index (χ0) is 25.8. The van der Waals surface area contributed by atoms with E-state index in [9.17, 15) is 4.79 Å². The molecule has 2 fully saturated rings. The fourth-order valence-electron chi connectivity index (χ4n) is 5.53. The number of hydrogen-bond acceptors (Lipinski definition) is 6. The summed E-state index contributed by atoms with van der Waals surface area (Å²) in [6.07, 6.45) is 5.65. The van der Waals surface area contributed by atoms with Crippen LogP contribution in [0.5, 0.6) is 5.75 Å². The number of nitrogens with zero attached hydrogens (tertiary/aromatic N) is 3. The summed E-state index contributed by atoms with van der Waals surface area (Å²) >= 11 is 0. The third-order valence-electron chi connectivity index (χ3n) is 7.46. The van der Waals surface area contributed by atoms with E-state index in [2.05, 4.69) is 45.2 Å². The van der Waals surface area contributed by atoms with Gasteiger partial charge in [-0.3, -0.25) is 14.7 Å². The van der Waals surface area contributed by atoms with Gasteiger partial charge in [-0.15, -0.1) is 0 Å². The Hall–Kier alpha value is -3.32. The Balaban J connectivity index is 1.52. The van der Waals surface area contributed by atoms with Gasteiger partial charge in [0.05, 0.1) is 13.2 Å². The second kappa shape index (κ2) is 11.2. The van der Waals surface area contributed by atoms with E-state index in [0.29, 0.717) is 17.8 Å². The van der Waals surface area contributed by atoms with Crippen LogP contribution < -0.4 is 20.7 Å². The molecule has 2 unspecified atom stereocenters. The maximum atomic E-state index is 13.4. The predicted molar refractivity (Wildman–Crippen MR) is 148 cm³/mol. The largest absolute Gasteiger partial charge is 0.497 e. The fourth-order valence-corrected chi connectivity index (χ4v) is 5.53. The molecule has 2 aliphatic heterocycles. The number of anilines is 1. The predicted octanol–water partition coefficient (Wildman–Crippen LogP) is 4.17. The number of fused-ring (bicyclic) bond motifs is 2. The molecule has 3 N–H and O–H groups in total. The van der Waals surface area contributed by atoms with Crippen molar-refractivity contribution in [1.82, 2.24) is 10.2 Å². The van der Waals surface area contributed by atoms with Gasteiger partial charge in [0.2, 0.25) is 0 Å². The molecular formula is C29H39N5O2. The third kappa shape index (κ3) is 5.26. The van der Waals surface area contributed by atoms with E-state index >= 15 is 0 Å². The number of nitrogens with one attached hydrogen (secondary N) is 1. The van der Waals surface area contributed by atoms with Crippen LogP contribution in [0.3, 0.4) is 0 Å². The highest BCUT2D eigenvalue weighted by Crippen LogP contribution is 2.35. The molecule has 0 aromatic heterocycles. The van der Waals surface area contributed by atoms with Gasteiger partial charge in [-0.1, -0.05) is 13.0 Å². The summed E-state index contributed by atoms with van der Waals surface area (Å²) in [5.74, 6) is 0.625. The molecule has 2 saturated heterocycles. The summed E-state index contributed by atoms with van der Waals surface area (Å²) < 4.78 is 5.51. The first-order chi connectivity index (χ1) is 17.4. The van der Waals surface area contributed by atoms with Gasteiger partial charge in [-0.05, 0) is 80.3 Å². The monoisotopic (exact) mass is 489 g/mol. The smallest absolute Gasteiger partial charge is 0.252 e. The number of methoxy groups -OCH3 is 1. The standard InChI is InChI=1S/C29H39N5O2/c1-6-9-33-17-26-13-25(33)18-34(26)24-8-7-19(2)28(14-24)29(35)32-20(3)21-10-22(12-27(11-21)36-5)23(15-30)16-31-4/h7-8,10-12,14-16,20,25-26H,6,9,13,17-18,30H2,1-5H3,(H,32,35)/b23-15+,31-16?/t20-,25?,26?/m1/s1. The number of ether oxygens (including phenoxy) is 1. The Labute approximate surface area is 215 Å². The number of rotatable bonds is 9.